The minimum Gasteiger partial charge on any atom is -0.369 e. The van der Waals surface area contributed by atoms with Crippen LogP contribution in [0.1, 0.15) is 12.8 Å². The maximum absolute atomic E-state index is 13.3. The first-order chi connectivity index (χ1) is 12.2. The molecule has 1 unspecified atom stereocenters. The molecule has 0 radical (unpaired) electrons. The molecule has 3 saturated heterocycles. The molecule has 25 heavy (non-hydrogen) atoms. The summed E-state index contributed by atoms with van der Waals surface area (Å²) in [6.45, 7) is 5.68. The van der Waals surface area contributed by atoms with Gasteiger partial charge in [-0.1, -0.05) is 0 Å². The predicted molar refractivity (Wildman–Crippen MR) is 94.3 cm³/mol. The molecule has 0 aromatic carbocycles. The second-order valence-corrected chi connectivity index (χ2v) is 7.25. The van der Waals surface area contributed by atoms with Crippen LogP contribution in [-0.2, 0) is 4.79 Å². The third-order valence-corrected chi connectivity index (χ3v) is 5.71. The van der Waals surface area contributed by atoms with Crippen LogP contribution in [0.5, 0.6) is 0 Å². The summed E-state index contributed by atoms with van der Waals surface area (Å²) in [5, 5.41) is 3.36. The number of likely N-dealkylation sites (tertiary alicyclic amines) is 1. The molecule has 4 rings (SSSR count). The van der Waals surface area contributed by atoms with E-state index in [1.807, 2.05) is 12.4 Å². The third kappa shape index (κ3) is 3.62. The van der Waals surface area contributed by atoms with Gasteiger partial charge in [-0.3, -0.25) is 14.7 Å². The molecule has 6 nitrogen and oxygen atoms in total. The topological polar surface area (TPSA) is 51.7 Å². The lowest BCUT2D eigenvalue weighted by Gasteiger charge is -2.38. The lowest BCUT2D eigenvalue weighted by atomic mass is 10.1. The van der Waals surface area contributed by atoms with Crippen molar-refractivity contribution in [3.05, 3.63) is 24.5 Å². The van der Waals surface area contributed by atoms with Gasteiger partial charge in [-0.2, -0.15) is 0 Å². The summed E-state index contributed by atoms with van der Waals surface area (Å²) in [5.74, 6) is 0.0815. The van der Waals surface area contributed by atoms with Gasteiger partial charge in [0.15, 0.2) is 0 Å². The Labute approximate surface area is 148 Å². The number of nitrogens with one attached hydrogen (secondary N) is 1. The van der Waals surface area contributed by atoms with Gasteiger partial charge in [0.1, 0.15) is 6.17 Å². The summed E-state index contributed by atoms with van der Waals surface area (Å²) in [6.07, 6.45) is 4.14. The van der Waals surface area contributed by atoms with Crippen LogP contribution in [-0.4, -0.2) is 84.8 Å². The number of amides is 1. The van der Waals surface area contributed by atoms with Gasteiger partial charge in [-0.15, -0.1) is 0 Å². The number of carbonyl (C=O) groups is 1. The molecule has 0 aliphatic carbocycles. The highest BCUT2D eigenvalue weighted by Crippen LogP contribution is 2.22. The van der Waals surface area contributed by atoms with Crippen molar-refractivity contribution in [3.63, 3.8) is 0 Å². The number of hydrogen-bond donors (Lipinski definition) is 1. The van der Waals surface area contributed by atoms with Crippen molar-refractivity contribution in [1.29, 1.82) is 0 Å². The van der Waals surface area contributed by atoms with E-state index in [1.54, 1.807) is 4.90 Å². The van der Waals surface area contributed by atoms with Crippen LogP contribution >= 0.6 is 0 Å². The van der Waals surface area contributed by atoms with Crippen molar-refractivity contribution in [1.82, 2.24) is 20.1 Å². The quantitative estimate of drug-likeness (QED) is 0.863. The zero-order valence-corrected chi connectivity index (χ0v) is 14.5. The number of hydrogen-bond acceptors (Lipinski definition) is 5. The molecule has 3 atom stereocenters. The molecule has 0 spiro atoms. The average Bonchev–Trinajstić information content (AvgIpc) is 3.31. The highest BCUT2D eigenvalue weighted by Gasteiger charge is 2.37. The first kappa shape index (κ1) is 16.7. The molecule has 3 aliphatic heterocycles. The van der Waals surface area contributed by atoms with Crippen molar-refractivity contribution in [2.24, 2.45) is 0 Å². The molecule has 1 amide bonds. The Bertz CT molecular complexity index is 592. The van der Waals surface area contributed by atoms with Gasteiger partial charge in [0.2, 0.25) is 5.91 Å². The van der Waals surface area contributed by atoms with E-state index in [4.69, 9.17) is 0 Å². The van der Waals surface area contributed by atoms with Crippen molar-refractivity contribution >= 4 is 11.6 Å². The van der Waals surface area contributed by atoms with Crippen LogP contribution < -0.4 is 10.2 Å². The molecule has 1 N–H and O–H groups in total. The molecule has 3 fully saturated rings. The molecule has 0 saturated carbocycles. The number of halogens is 1. The van der Waals surface area contributed by atoms with E-state index < -0.39 is 6.17 Å². The molecule has 136 valence electrons. The smallest absolute Gasteiger partial charge is 0.239 e. The summed E-state index contributed by atoms with van der Waals surface area (Å²) < 4.78 is 13.3. The van der Waals surface area contributed by atoms with E-state index in [1.165, 1.54) is 5.69 Å². The Morgan fingerprint density at radius 1 is 1.16 bits per heavy atom. The van der Waals surface area contributed by atoms with Crippen LogP contribution in [0.15, 0.2) is 24.5 Å². The summed E-state index contributed by atoms with van der Waals surface area (Å²) in [7, 11) is 0. The Morgan fingerprint density at radius 2 is 1.92 bits per heavy atom. The maximum atomic E-state index is 13.3. The fourth-order valence-electron chi connectivity index (χ4n) is 4.22. The van der Waals surface area contributed by atoms with Crippen molar-refractivity contribution in [2.75, 3.05) is 50.7 Å². The predicted octanol–water partition coefficient (Wildman–Crippen LogP) is 0.505. The van der Waals surface area contributed by atoms with E-state index in [2.05, 4.69) is 32.2 Å². The largest absolute Gasteiger partial charge is 0.369 e. The fourth-order valence-corrected chi connectivity index (χ4v) is 4.22. The Morgan fingerprint density at radius 3 is 2.60 bits per heavy atom. The number of anilines is 1. The number of piperazine rings is 1. The second kappa shape index (κ2) is 7.25. The van der Waals surface area contributed by atoms with Gasteiger partial charge in [0.25, 0.3) is 0 Å². The van der Waals surface area contributed by atoms with Gasteiger partial charge in [-0.05, 0) is 25.0 Å². The summed E-state index contributed by atoms with van der Waals surface area (Å²) in [4.78, 5) is 23.2. The van der Waals surface area contributed by atoms with Crippen LogP contribution in [0, 0.1) is 0 Å². The summed E-state index contributed by atoms with van der Waals surface area (Å²) in [5.41, 5.74) is 1.22. The normalized spacial score (nSPS) is 30.8. The number of pyridine rings is 1. The first-order valence-electron chi connectivity index (χ1n) is 9.26. The Kier molecular flexibility index (Phi) is 4.85. The highest BCUT2D eigenvalue weighted by atomic mass is 19.1. The summed E-state index contributed by atoms with van der Waals surface area (Å²) >= 11 is 0. The number of aromatic nitrogens is 1. The van der Waals surface area contributed by atoms with Gasteiger partial charge in [0.05, 0.1) is 12.6 Å². The summed E-state index contributed by atoms with van der Waals surface area (Å²) in [6, 6.07) is 4.36. The molecule has 1 aromatic rings. The van der Waals surface area contributed by atoms with E-state index in [0.717, 1.165) is 39.1 Å². The zero-order chi connectivity index (χ0) is 17.2. The molecule has 1 aromatic heterocycles. The van der Waals surface area contributed by atoms with Gasteiger partial charge >= 0.3 is 0 Å². The van der Waals surface area contributed by atoms with E-state index >= 15 is 0 Å². The molecular weight excluding hydrogens is 321 g/mol. The third-order valence-electron chi connectivity index (χ3n) is 5.71. The number of alkyl halides is 1. The molecule has 3 aliphatic rings. The second-order valence-electron chi connectivity index (χ2n) is 7.25. The van der Waals surface area contributed by atoms with Crippen molar-refractivity contribution in [2.45, 2.75) is 31.1 Å². The van der Waals surface area contributed by atoms with E-state index in [-0.39, 0.29) is 18.5 Å². The molecule has 7 heteroatoms. The lowest BCUT2D eigenvalue weighted by Crippen LogP contribution is -2.51. The van der Waals surface area contributed by atoms with Gasteiger partial charge in [-0.25, -0.2) is 4.39 Å². The number of rotatable bonds is 3. The molecule has 4 heterocycles. The SMILES string of the molecule is O=C([C@@H]1C[C@H](N2CCN(c3ccncc3)CC2)CN1)N1CCC(F)C1. The minimum atomic E-state index is -0.845. The fraction of sp³-hybridized carbons (Fsp3) is 0.667. The lowest BCUT2D eigenvalue weighted by molar-refractivity contribution is -0.132. The van der Waals surface area contributed by atoms with Crippen LogP contribution in [0.4, 0.5) is 10.1 Å². The van der Waals surface area contributed by atoms with Crippen molar-refractivity contribution < 1.29 is 9.18 Å². The highest BCUT2D eigenvalue weighted by molar-refractivity contribution is 5.82. The van der Waals surface area contributed by atoms with Crippen molar-refractivity contribution in [3.8, 4) is 0 Å². The van der Waals surface area contributed by atoms with E-state index in [0.29, 0.717) is 19.0 Å². The average molecular weight is 347 g/mol. The molecular formula is C18H26FN5O. The first-order valence-corrected chi connectivity index (χ1v) is 9.26. The van der Waals surface area contributed by atoms with Crippen LogP contribution in [0.25, 0.3) is 0 Å². The maximum Gasteiger partial charge on any atom is 0.239 e. The van der Waals surface area contributed by atoms with Crippen LogP contribution in [0.2, 0.25) is 0 Å². The zero-order valence-electron chi connectivity index (χ0n) is 14.5. The Hall–Kier alpha value is -1.73. The minimum absolute atomic E-state index is 0.0815. The molecule has 0 bridgehead atoms. The number of carbonyl (C=O) groups excluding carboxylic acids is 1. The number of nitrogens with zero attached hydrogens (tertiary/aromatic N) is 4. The van der Waals surface area contributed by atoms with E-state index in [9.17, 15) is 9.18 Å². The monoisotopic (exact) mass is 347 g/mol. The van der Waals surface area contributed by atoms with Gasteiger partial charge < -0.3 is 15.1 Å². The van der Waals surface area contributed by atoms with Crippen LogP contribution in [0.3, 0.4) is 0 Å². The Balaban J connectivity index is 1.28. The van der Waals surface area contributed by atoms with Gasteiger partial charge in [0, 0.05) is 63.4 Å². The standard InChI is InChI=1S/C18H26FN5O/c19-14-3-6-24(13-14)18(25)17-11-16(12-21-17)23-9-7-22(8-10-23)15-1-4-20-5-2-15/h1-2,4-5,14,16-17,21H,3,6-13H2/t14?,16-,17-/m0/s1.